The van der Waals surface area contributed by atoms with Gasteiger partial charge in [0.1, 0.15) is 0 Å². The van der Waals surface area contributed by atoms with Crippen molar-refractivity contribution >= 4 is 18.1 Å². The van der Waals surface area contributed by atoms with E-state index in [-0.39, 0.29) is 23.3 Å². The third-order valence-electron chi connectivity index (χ3n) is 4.71. The molecule has 0 unspecified atom stereocenters. The van der Waals surface area contributed by atoms with E-state index in [9.17, 15) is 4.79 Å². The topological polar surface area (TPSA) is 71.9 Å². The lowest BCUT2D eigenvalue weighted by molar-refractivity contribution is -0.123. The van der Waals surface area contributed by atoms with Crippen molar-refractivity contribution in [2.24, 2.45) is 11.3 Å². The van der Waals surface area contributed by atoms with Crippen LogP contribution in [0.4, 0.5) is 0 Å². The second-order valence-corrected chi connectivity index (χ2v) is 6.74. The maximum Gasteiger partial charge on any atom is 0.224 e. The molecule has 1 aromatic heterocycles. The Balaban J connectivity index is 1.59. The Kier molecular flexibility index (Phi) is 3.88. The van der Waals surface area contributed by atoms with Gasteiger partial charge in [-0.3, -0.25) is 9.89 Å². The summed E-state index contributed by atoms with van der Waals surface area (Å²) in [6, 6.07) is 0.228. The van der Waals surface area contributed by atoms with Crippen molar-refractivity contribution < 1.29 is 9.53 Å². The predicted octanol–water partition coefficient (Wildman–Crippen LogP) is 1.95. The molecule has 1 aliphatic heterocycles. The highest BCUT2D eigenvalue weighted by Gasteiger charge is 2.57. The molecule has 6 nitrogen and oxygen atoms in total. The fourth-order valence-electron chi connectivity index (χ4n) is 3.33. The number of amides is 1. The Labute approximate surface area is 129 Å². The van der Waals surface area contributed by atoms with Crippen LogP contribution in [0, 0.1) is 16.1 Å². The Morgan fingerprint density at radius 2 is 2.29 bits per heavy atom. The summed E-state index contributed by atoms with van der Waals surface area (Å²) >= 11 is 5.21. The lowest BCUT2D eigenvalue weighted by Crippen LogP contribution is -2.30. The van der Waals surface area contributed by atoms with Crippen LogP contribution >= 0.6 is 12.2 Å². The van der Waals surface area contributed by atoms with Crippen molar-refractivity contribution in [1.29, 1.82) is 0 Å². The van der Waals surface area contributed by atoms with E-state index in [4.69, 9.17) is 17.0 Å². The fraction of sp³-hybridized carbons (Fsp3) is 0.786. The average molecular weight is 310 g/mol. The molecule has 1 amide bonds. The normalized spacial score (nSPS) is 23.5. The van der Waals surface area contributed by atoms with Gasteiger partial charge < -0.3 is 14.6 Å². The van der Waals surface area contributed by atoms with E-state index < -0.39 is 0 Å². The Bertz CT molecular complexity index is 586. The molecule has 7 heteroatoms. The summed E-state index contributed by atoms with van der Waals surface area (Å²) in [5, 5.41) is 10.0. The summed E-state index contributed by atoms with van der Waals surface area (Å²) in [6.07, 6.45) is 3.02. The Morgan fingerprint density at radius 1 is 1.57 bits per heavy atom. The molecule has 1 spiro atoms. The summed E-state index contributed by atoms with van der Waals surface area (Å²) in [5.74, 6) is 1.07. The highest BCUT2D eigenvalue weighted by Crippen LogP contribution is 2.59. The van der Waals surface area contributed by atoms with Crippen molar-refractivity contribution in [2.75, 3.05) is 13.2 Å². The number of nitrogens with zero attached hydrogens (tertiary/aromatic N) is 2. The molecule has 1 aliphatic carbocycles. The SMILES string of the molecule is CC(C)n1c(CNC(=O)[C@H]2CC23CCOCC3)n[nH]c1=S. The van der Waals surface area contributed by atoms with Crippen LogP contribution < -0.4 is 5.32 Å². The van der Waals surface area contributed by atoms with Crippen molar-refractivity contribution in [3.63, 3.8) is 0 Å². The molecule has 1 saturated heterocycles. The molecule has 2 fully saturated rings. The third-order valence-corrected chi connectivity index (χ3v) is 5.00. The molecule has 3 rings (SSSR count). The van der Waals surface area contributed by atoms with E-state index in [2.05, 4.69) is 29.4 Å². The van der Waals surface area contributed by atoms with Crippen LogP contribution in [0.3, 0.4) is 0 Å². The van der Waals surface area contributed by atoms with E-state index in [0.29, 0.717) is 11.3 Å². The number of H-pyrrole nitrogens is 1. The quantitative estimate of drug-likeness (QED) is 0.834. The number of nitrogens with one attached hydrogen (secondary N) is 2. The van der Waals surface area contributed by atoms with Gasteiger partial charge in [-0.15, -0.1) is 0 Å². The van der Waals surface area contributed by atoms with Crippen LogP contribution in [0.2, 0.25) is 0 Å². The average Bonchev–Trinajstić information content (AvgIpc) is 3.00. The van der Waals surface area contributed by atoms with Gasteiger partial charge in [0.25, 0.3) is 0 Å². The maximum absolute atomic E-state index is 12.3. The molecule has 2 aliphatic rings. The molecule has 1 saturated carbocycles. The summed E-state index contributed by atoms with van der Waals surface area (Å²) in [6.45, 7) is 6.10. The zero-order valence-electron chi connectivity index (χ0n) is 12.5. The standard InChI is InChI=1S/C14H22N4O2S/c1-9(2)18-11(16-17-13(18)21)8-15-12(19)10-7-14(10)3-5-20-6-4-14/h9-10H,3-8H2,1-2H3,(H,15,19)(H,17,21)/t10-/m1/s1. The second kappa shape index (κ2) is 5.53. The van der Waals surface area contributed by atoms with Crippen LogP contribution in [0.5, 0.6) is 0 Å². The minimum atomic E-state index is 0.140. The maximum atomic E-state index is 12.3. The van der Waals surface area contributed by atoms with Crippen LogP contribution in [-0.2, 0) is 16.1 Å². The molecular weight excluding hydrogens is 288 g/mol. The van der Waals surface area contributed by atoms with Gasteiger partial charge in [-0.2, -0.15) is 5.10 Å². The van der Waals surface area contributed by atoms with Gasteiger partial charge in [0.05, 0.1) is 6.54 Å². The van der Waals surface area contributed by atoms with E-state index in [1.165, 1.54) is 0 Å². The lowest BCUT2D eigenvalue weighted by atomic mass is 9.93. The van der Waals surface area contributed by atoms with Crippen molar-refractivity contribution in [2.45, 2.75) is 45.7 Å². The largest absolute Gasteiger partial charge is 0.381 e. The van der Waals surface area contributed by atoms with E-state index in [1.807, 2.05) is 4.57 Å². The lowest BCUT2D eigenvalue weighted by Gasteiger charge is -2.22. The molecule has 0 aromatic carbocycles. The van der Waals surface area contributed by atoms with Crippen molar-refractivity contribution in [3.8, 4) is 0 Å². The molecule has 2 N–H and O–H groups in total. The van der Waals surface area contributed by atoms with Gasteiger partial charge >= 0.3 is 0 Å². The van der Waals surface area contributed by atoms with Crippen LogP contribution in [-0.4, -0.2) is 33.9 Å². The molecule has 1 atom stereocenters. The van der Waals surface area contributed by atoms with Gasteiger partial charge in [0, 0.05) is 25.2 Å². The fourth-order valence-corrected chi connectivity index (χ4v) is 3.69. The second-order valence-electron chi connectivity index (χ2n) is 6.36. The van der Waals surface area contributed by atoms with Gasteiger partial charge in [0.2, 0.25) is 5.91 Å². The van der Waals surface area contributed by atoms with Crippen molar-refractivity contribution in [1.82, 2.24) is 20.1 Å². The first-order valence-electron chi connectivity index (χ1n) is 7.55. The number of aromatic nitrogens is 3. The number of hydrogen-bond donors (Lipinski definition) is 2. The molecule has 0 bridgehead atoms. The van der Waals surface area contributed by atoms with E-state index >= 15 is 0 Å². The number of aromatic amines is 1. The minimum Gasteiger partial charge on any atom is -0.381 e. The Morgan fingerprint density at radius 3 is 2.95 bits per heavy atom. The summed E-state index contributed by atoms with van der Waals surface area (Å²) in [4.78, 5) is 12.3. The number of hydrogen-bond acceptors (Lipinski definition) is 4. The van der Waals surface area contributed by atoms with E-state index in [1.54, 1.807) is 0 Å². The first-order valence-corrected chi connectivity index (χ1v) is 7.95. The molecular formula is C14H22N4O2S. The first kappa shape index (κ1) is 14.7. The summed E-state index contributed by atoms with van der Waals surface area (Å²) < 4.78 is 7.92. The minimum absolute atomic E-state index is 0.140. The molecule has 2 heterocycles. The summed E-state index contributed by atoms with van der Waals surface area (Å²) in [7, 11) is 0. The van der Waals surface area contributed by atoms with Gasteiger partial charge in [-0.05, 0) is 50.7 Å². The molecule has 116 valence electrons. The molecule has 21 heavy (non-hydrogen) atoms. The Hall–Kier alpha value is -1.21. The molecule has 0 radical (unpaired) electrons. The highest BCUT2D eigenvalue weighted by atomic mass is 32.1. The van der Waals surface area contributed by atoms with E-state index in [0.717, 1.165) is 38.3 Å². The zero-order chi connectivity index (χ0) is 15.0. The highest BCUT2D eigenvalue weighted by molar-refractivity contribution is 7.71. The molecule has 1 aromatic rings. The first-order chi connectivity index (χ1) is 10.0. The van der Waals surface area contributed by atoms with Crippen LogP contribution in [0.25, 0.3) is 0 Å². The van der Waals surface area contributed by atoms with Crippen molar-refractivity contribution in [3.05, 3.63) is 10.6 Å². The number of ether oxygens (including phenoxy) is 1. The number of rotatable bonds is 4. The summed E-state index contributed by atoms with van der Waals surface area (Å²) in [5.41, 5.74) is 0.213. The zero-order valence-corrected chi connectivity index (χ0v) is 13.3. The van der Waals surface area contributed by atoms with Crippen LogP contribution in [0.15, 0.2) is 0 Å². The monoisotopic (exact) mass is 310 g/mol. The van der Waals surface area contributed by atoms with Gasteiger partial charge in [-0.1, -0.05) is 0 Å². The third kappa shape index (κ3) is 2.76. The number of carbonyl (C=O) groups is 1. The predicted molar refractivity (Wildman–Crippen MR) is 80.2 cm³/mol. The van der Waals surface area contributed by atoms with Gasteiger partial charge in [0.15, 0.2) is 10.6 Å². The van der Waals surface area contributed by atoms with Crippen LogP contribution in [0.1, 0.15) is 45.0 Å². The smallest absolute Gasteiger partial charge is 0.224 e. The van der Waals surface area contributed by atoms with Gasteiger partial charge in [-0.25, -0.2) is 0 Å². The number of carbonyl (C=O) groups excluding carboxylic acids is 1.